The van der Waals surface area contributed by atoms with Gasteiger partial charge in [-0.2, -0.15) is 0 Å². The highest BCUT2D eigenvalue weighted by Crippen LogP contribution is 2.17. The lowest BCUT2D eigenvalue weighted by Gasteiger charge is -2.19. The Kier molecular flexibility index (Phi) is 5.75. The van der Waals surface area contributed by atoms with Crippen molar-refractivity contribution in [3.05, 3.63) is 16.6 Å². The number of amides is 1. The molecule has 2 atom stereocenters. The first-order valence-corrected chi connectivity index (χ1v) is 6.99. The molecular weight excluding hydrogens is 264 g/mol. The summed E-state index contributed by atoms with van der Waals surface area (Å²) in [6.45, 7) is 6.18. The van der Waals surface area contributed by atoms with Crippen LogP contribution in [0.4, 0.5) is 0 Å². The predicted molar refractivity (Wildman–Crippen MR) is 75.3 cm³/mol. The Balaban J connectivity index is 2.58. The van der Waals surface area contributed by atoms with Crippen LogP contribution < -0.4 is 11.1 Å². The van der Waals surface area contributed by atoms with E-state index in [0.717, 1.165) is 5.01 Å². The van der Waals surface area contributed by atoms with Crippen LogP contribution in [0.2, 0.25) is 0 Å². The first kappa shape index (κ1) is 15.4. The number of carbonyl (C=O) groups excluding carboxylic acids is 1. The molecule has 19 heavy (non-hydrogen) atoms. The average Bonchev–Trinajstić information content (AvgIpc) is 2.89. The van der Waals surface area contributed by atoms with Crippen molar-refractivity contribution in [1.29, 1.82) is 0 Å². The molecule has 1 rings (SSSR count). The Morgan fingerprint density at radius 3 is 2.74 bits per heavy atom. The minimum Gasteiger partial charge on any atom is -0.409 e. The predicted octanol–water partition coefficient (Wildman–Crippen LogP) is 1.38. The fourth-order valence-electron chi connectivity index (χ4n) is 1.77. The lowest BCUT2D eigenvalue weighted by molar-refractivity contribution is -0.124. The van der Waals surface area contributed by atoms with Crippen molar-refractivity contribution in [3.8, 4) is 0 Å². The number of amidine groups is 1. The zero-order chi connectivity index (χ0) is 14.4. The number of nitrogens with one attached hydrogen (secondary N) is 1. The van der Waals surface area contributed by atoms with Crippen LogP contribution in [0.25, 0.3) is 0 Å². The molecule has 0 aromatic carbocycles. The van der Waals surface area contributed by atoms with Crippen LogP contribution in [0.5, 0.6) is 0 Å². The van der Waals surface area contributed by atoms with Crippen LogP contribution in [-0.4, -0.2) is 28.5 Å². The summed E-state index contributed by atoms with van der Waals surface area (Å²) in [6, 6.07) is 0. The summed E-state index contributed by atoms with van der Waals surface area (Å²) >= 11 is 1.56. The molecule has 0 aliphatic rings. The largest absolute Gasteiger partial charge is 0.409 e. The zero-order valence-corrected chi connectivity index (χ0v) is 12.1. The number of hydrogen-bond acceptors (Lipinski definition) is 5. The van der Waals surface area contributed by atoms with Crippen LogP contribution in [0.15, 0.2) is 16.7 Å². The number of rotatable bonds is 6. The van der Waals surface area contributed by atoms with Gasteiger partial charge < -0.3 is 16.3 Å². The second-order valence-electron chi connectivity index (χ2n) is 4.76. The molecule has 1 heterocycles. The molecule has 0 saturated carbocycles. The number of nitrogens with zero attached hydrogens (tertiary/aromatic N) is 2. The van der Waals surface area contributed by atoms with E-state index in [9.17, 15) is 4.79 Å². The van der Waals surface area contributed by atoms with Gasteiger partial charge in [-0.3, -0.25) is 4.79 Å². The van der Waals surface area contributed by atoms with Crippen LogP contribution in [0, 0.1) is 11.8 Å². The number of nitrogens with two attached hydrogens (primary N) is 1. The van der Waals surface area contributed by atoms with Gasteiger partial charge in [0.25, 0.3) is 0 Å². The lowest BCUT2D eigenvalue weighted by atomic mass is 9.93. The molecule has 4 N–H and O–H groups in total. The van der Waals surface area contributed by atoms with Gasteiger partial charge in [-0.05, 0) is 5.92 Å². The Morgan fingerprint density at radius 1 is 1.58 bits per heavy atom. The highest BCUT2D eigenvalue weighted by molar-refractivity contribution is 7.09. The topological polar surface area (TPSA) is 101 Å². The van der Waals surface area contributed by atoms with Gasteiger partial charge in [-0.15, -0.1) is 11.3 Å². The van der Waals surface area contributed by atoms with Crippen molar-refractivity contribution in [2.24, 2.45) is 22.7 Å². The first-order valence-electron chi connectivity index (χ1n) is 6.11. The van der Waals surface area contributed by atoms with Gasteiger partial charge in [0.05, 0.1) is 5.01 Å². The molecule has 106 valence electrons. The number of thiazole rings is 1. The minimum absolute atomic E-state index is 0.0360. The van der Waals surface area contributed by atoms with Crippen LogP contribution >= 0.6 is 11.3 Å². The third-order valence-electron chi connectivity index (χ3n) is 2.84. The van der Waals surface area contributed by atoms with E-state index in [1.165, 1.54) is 0 Å². The average molecular weight is 284 g/mol. The summed E-state index contributed by atoms with van der Waals surface area (Å²) in [6.07, 6.45) is 1.74. The van der Waals surface area contributed by atoms with Crippen LogP contribution in [-0.2, 0) is 4.79 Å². The second-order valence-corrected chi connectivity index (χ2v) is 5.69. The molecule has 0 fully saturated rings. The molecule has 1 aromatic heterocycles. The van der Waals surface area contributed by atoms with E-state index in [1.807, 2.05) is 26.2 Å². The van der Waals surface area contributed by atoms with E-state index in [-0.39, 0.29) is 23.6 Å². The summed E-state index contributed by atoms with van der Waals surface area (Å²) in [7, 11) is 0. The Hall–Kier alpha value is -1.63. The summed E-state index contributed by atoms with van der Waals surface area (Å²) in [5, 5.41) is 17.3. The van der Waals surface area contributed by atoms with Crippen LogP contribution in [0.3, 0.4) is 0 Å². The fraction of sp³-hybridized carbons (Fsp3) is 0.583. The monoisotopic (exact) mass is 284 g/mol. The lowest BCUT2D eigenvalue weighted by Crippen LogP contribution is -2.42. The SMILES string of the molecule is CC(CNC(=O)C(/C(N)=N/O)C(C)C)c1nccs1. The third kappa shape index (κ3) is 4.20. The molecule has 0 saturated heterocycles. The van der Waals surface area contributed by atoms with Crippen LogP contribution in [0.1, 0.15) is 31.7 Å². The Bertz CT molecular complexity index is 431. The molecular formula is C12H20N4O2S. The molecule has 2 unspecified atom stereocenters. The quantitative estimate of drug-likeness (QED) is 0.318. The van der Waals surface area contributed by atoms with Crippen molar-refractivity contribution in [3.63, 3.8) is 0 Å². The smallest absolute Gasteiger partial charge is 0.231 e. The zero-order valence-electron chi connectivity index (χ0n) is 11.3. The number of oxime groups is 1. The van der Waals surface area contributed by atoms with E-state index in [4.69, 9.17) is 10.9 Å². The molecule has 0 bridgehead atoms. The third-order valence-corrected chi connectivity index (χ3v) is 3.85. The summed E-state index contributed by atoms with van der Waals surface area (Å²) < 4.78 is 0. The maximum Gasteiger partial charge on any atom is 0.231 e. The van der Waals surface area contributed by atoms with Crippen molar-refractivity contribution < 1.29 is 10.0 Å². The number of hydrogen-bond donors (Lipinski definition) is 3. The number of carbonyl (C=O) groups is 1. The van der Waals surface area contributed by atoms with E-state index >= 15 is 0 Å². The molecule has 0 radical (unpaired) electrons. The molecule has 0 aliphatic carbocycles. The van der Waals surface area contributed by atoms with Gasteiger partial charge >= 0.3 is 0 Å². The van der Waals surface area contributed by atoms with Gasteiger partial charge in [0.2, 0.25) is 5.91 Å². The second kappa shape index (κ2) is 7.08. The van der Waals surface area contributed by atoms with E-state index in [1.54, 1.807) is 17.5 Å². The molecule has 6 nitrogen and oxygen atoms in total. The van der Waals surface area contributed by atoms with Crippen molar-refractivity contribution in [2.45, 2.75) is 26.7 Å². The van der Waals surface area contributed by atoms with Gasteiger partial charge in [0, 0.05) is 24.0 Å². The Morgan fingerprint density at radius 2 is 2.26 bits per heavy atom. The standard InChI is InChI=1S/C12H20N4O2S/c1-7(2)9(10(13)16-18)11(17)15-6-8(3)12-14-4-5-19-12/h4-5,7-9,18H,6H2,1-3H3,(H2,13,16)(H,15,17). The molecule has 1 aromatic rings. The summed E-state index contributed by atoms with van der Waals surface area (Å²) in [5.41, 5.74) is 5.55. The fourth-order valence-corrected chi connectivity index (χ4v) is 2.47. The van der Waals surface area contributed by atoms with E-state index in [2.05, 4.69) is 15.5 Å². The molecule has 0 aliphatic heterocycles. The maximum atomic E-state index is 12.1. The van der Waals surface area contributed by atoms with Crippen molar-refractivity contribution >= 4 is 23.1 Å². The number of aromatic nitrogens is 1. The highest BCUT2D eigenvalue weighted by atomic mass is 32.1. The van der Waals surface area contributed by atoms with Gasteiger partial charge in [0.15, 0.2) is 5.84 Å². The first-order chi connectivity index (χ1) is 8.97. The summed E-state index contributed by atoms with van der Waals surface area (Å²) in [5.74, 6) is -0.799. The normalized spacial score (nSPS) is 15.3. The Labute approximate surface area is 116 Å². The summed E-state index contributed by atoms with van der Waals surface area (Å²) in [4.78, 5) is 16.3. The van der Waals surface area contributed by atoms with Gasteiger partial charge in [-0.1, -0.05) is 25.9 Å². The van der Waals surface area contributed by atoms with E-state index < -0.39 is 5.92 Å². The minimum atomic E-state index is -0.617. The molecule has 1 amide bonds. The molecule has 7 heteroatoms. The van der Waals surface area contributed by atoms with Crippen molar-refractivity contribution in [2.75, 3.05) is 6.54 Å². The van der Waals surface area contributed by atoms with Gasteiger partial charge in [0.1, 0.15) is 5.92 Å². The van der Waals surface area contributed by atoms with E-state index in [0.29, 0.717) is 6.54 Å². The molecule has 0 spiro atoms. The van der Waals surface area contributed by atoms with Gasteiger partial charge in [-0.25, -0.2) is 4.98 Å². The highest BCUT2D eigenvalue weighted by Gasteiger charge is 2.27. The maximum absolute atomic E-state index is 12.1. The van der Waals surface area contributed by atoms with Crippen molar-refractivity contribution in [1.82, 2.24) is 10.3 Å².